The summed E-state index contributed by atoms with van der Waals surface area (Å²) in [5.41, 5.74) is 2.56. The van der Waals surface area contributed by atoms with Crippen molar-refractivity contribution in [3.8, 4) is 11.5 Å². The Morgan fingerprint density at radius 3 is 2.77 bits per heavy atom. The van der Waals surface area contributed by atoms with E-state index in [-0.39, 0.29) is 12.3 Å². The van der Waals surface area contributed by atoms with Gasteiger partial charge in [-0.1, -0.05) is 11.3 Å². The second-order valence-electron chi connectivity index (χ2n) is 6.81. The maximum atomic E-state index is 12.5. The van der Waals surface area contributed by atoms with Gasteiger partial charge in [0.1, 0.15) is 17.1 Å². The lowest BCUT2D eigenvalue weighted by molar-refractivity contribution is -0.116. The van der Waals surface area contributed by atoms with E-state index in [2.05, 4.69) is 10.3 Å². The van der Waals surface area contributed by atoms with Crippen molar-refractivity contribution in [3.63, 3.8) is 0 Å². The third kappa shape index (κ3) is 3.99. The summed E-state index contributed by atoms with van der Waals surface area (Å²) in [5.74, 6) is 1.19. The van der Waals surface area contributed by atoms with Crippen molar-refractivity contribution in [1.82, 2.24) is 4.98 Å². The summed E-state index contributed by atoms with van der Waals surface area (Å²) in [5, 5.41) is 4.23. The Bertz CT molecular complexity index is 1310. The lowest BCUT2D eigenvalue weighted by atomic mass is 10.0. The maximum absolute atomic E-state index is 12.5. The minimum Gasteiger partial charge on any atom is -0.497 e. The summed E-state index contributed by atoms with van der Waals surface area (Å²) in [7, 11) is 3.16. The molecule has 0 bridgehead atoms. The fraction of sp³-hybridized carbons (Fsp3) is 0.227. The summed E-state index contributed by atoms with van der Waals surface area (Å²) < 4.78 is 16.9. The lowest BCUT2D eigenvalue weighted by Crippen LogP contribution is -2.12. The molecule has 0 radical (unpaired) electrons. The Hall–Kier alpha value is -3.39. The molecule has 1 amide bonds. The molecule has 0 unspecified atom stereocenters. The molecular formula is C22H20N2O5S. The van der Waals surface area contributed by atoms with Crippen LogP contribution in [0.15, 0.2) is 45.6 Å². The van der Waals surface area contributed by atoms with Crippen molar-refractivity contribution >= 4 is 43.6 Å². The van der Waals surface area contributed by atoms with E-state index in [1.54, 1.807) is 20.3 Å². The standard InChI is InChI=1S/C22H20N2O5S/c1-12-8-21(26)29-18-11-17(28-3)13(9-15(12)18)4-7-20(25)24-22-23-16-6-5-14(27-2)10-19(16)30-22/h5-6,8-11H,4,7H2,1-3H3,(H,23,24,25). The maximum Gasteiger partial charge on any atom is 0.336 e. The number of ether oxygens (including phenoxy) is 2. The van der Waals surface area contributed by atoms with Crippen LogP contribution < -0.4 is 20.4 Å². The molecule has 0 aliphatic rings. The molecule has 8 heteroatoms. The van der Waals surface area contributed by atoms with Crippen LogP contribution in [0.4, 0.5) is 5.13 Å². The van der Waals surface area contributed by atoms with Gasteiger partial charge in [0.25, 0.3) is 0 Å². The first-order chi connectivity index (χ1) is 14.5. The zero-order valence-electron chi connectivity index (χ0n) is 16.8. The second-order valence-corrected chi connectivity index (χ2v) is 7.84. The van der Waals surface area contributed by atoms with Gasteiger partial charge >= 0.3 is 5.63 Å². The first-order valence-electron chi connectivity index (χ1n) is 9.32. The Morgan fingerprint density at radius 1 is 1.17 bits per heavy atom. The zero-order chi connectivity index (χ0) is 21.3. The summed E-state index contributed by atoms with van der Waals surface area (Å²) in [6.45, 7) is 1.85. The first-order valence-corrected chi connectivity index (χ1v) is 10.1. The fourth-order valence-electron chi connectivity index (χ4n) is 3.29. The van der Waals surface area contributed by atoms with Crippen molar-refractivity contribution in [2.45, 2.75) is 19.8 Å². The van der Waals surface area contributed by atoms with Crippen LogP contribution >= 0.6 is 11.3 Å². The van der Waals surface area contributed by atoms with Crippen LogP contribution in [0.25, 0.3) is 21.2 Å². The van der Waals surface area contributed by atoms with Crippen LogP contribution in [-0.2, 0) is 11.2 Å². The highest BCUT2D eigenvalue weighted by atomic mass is 32.1. The Balaban J connectivity index is 1.50. The minimum atomic E-state index is -0.400. The molecule has 154 valence electrons. The van der Waals surface area contributed by atoms with Gasteiger partial charge in [-0.2, -0.15) is 0 Å². The number of methoxy groups -OCH3 is 2. The highest BCUT2D eigenvalue weighted by Crippen LogP contribution is 2.30. The molecule has 4 aromatic rings. The van der Waals surface area contributed by atoms with Crippen LogP contribution in [0, 0.1) is 6.92 Å². The lowest BCUT2D eigenvalue weighted by Gasteiger charge is -2.11. The van der Waals surface area contributed by atoms with Crippen LogP contribution in [-0.4, -0.2) is 25.1 Å². The third-order valence-corrected chi connectivity index (χ3v) is 5.75. The van der Waals surface area contributed by atoms with E-state index in [1.807, 2.05) is 31.2 Å². The van der Waals surface area contributed by atoms with Crippen molar-refractivity contribution < 1.29 is 18.7 Å². The van der Waals surface area contributed by atoms with E-state index in [0.29, 0.717) is 22.9 Å². The van der Waals surface area contributed by atoms with Crippen LogP contribution in [0.5, 0.6) is 11.5 Å². The number of amides is 1. The van der Waals surface area contributed by atoms with E-state index < -0.39 is 5.63 Å². The number of hydrogen-bond acceptors (Lipinski definition) is 7. The monoisotopic (exact) mass is 424 g/mol. The second kappa shape index (κ2) is 8.16. The molecule has 0 aliphatic carbocycles. The van der Waals surface area contributed by atoms with Gasteiger partial charge in [-0.05, 0) is 48.7 Å². The van der Waals surface area contributed by atoms with Crippen LogP contribution in [0.1, 0.15) is 17.5 Å². The summed E-state index contributed by atoms with van der Waals surface area (Å²) >= 11 is 1.40. The highest BCUT2D eigenvalue weighted by molar-refractivity contribution is 7.22. The van der Waals surface area contributed by atoms with Gasteiger partial charge in [-0.25, -0.2) is 9.78 Å². The number of thiazole rings is 1. The van der Waals surface area contributed by atoms with Crippen LogP contribution in [0.3, 0.4) is 0 Å². The normalized spacial score (nSPS) is 11.0. The topological polar surface area (TPSA) is 90.7 Å². The predicted molar refractivity (Wildman–Crippen MR) is 117 cm³/mol. The van der Waals surface area contributed by atoms with Gasteiger partial charge in [-0.3, -0.25) is 4.79 Å². The summed E-state index contributed by atoms with van der Waals surface area (Å²) in [4.78, 5) is 28.5. The van der Waals surface area contributed by atoms with E-state index in [1.165, 1.54) is 17.4 Å². The molecule has 2 heterocycles. The molecule has 1 N–H and O–H groups in total. The molecule has 2 aromatic carbocycles. The van der Waals surface area contributed by atoms with Gasteiger partial charge in [0.15, 0.2) is 5.13 Å². The van der Waals surface area contributed by atoms with Gasteiger partial charge in [0.2, 0.25) is 5.91 Å². The molecule has 0 saturated carbocycles. The summed E-state index contributed by atoms with van der Waals surface area (Å²) in [6.07, 6.45) is 0.735. The molecule has 0 fully saturated rings. The number of carbonyl (C=O) groups is 1. The number of hydrogen-bond donors (Lipinski definition) is 1. The zero-order valence-corrected chi connectivity index (χ0v) is 17.6. The van der Waals surface area contributed by atoms with Crippen molar-refractivity contribution in [2.75, 3.05) is 19.5 Å². The van der Waals surface area contributed by atoms with E-state index in [0.717, 1.165) is 32.5 Å². The average molecular weight is 424 g/mol. The molecule has 4 rings (SSSR count). The van der Waals surface area contributed by atoms with E-state index >= 15 is 0 Å². The number of aryl methyl sites for hydroxylation is 2. The number of carbonyl (C=O) groups excluding carboxylic acids is 1. The van der Waals surface area contributed by atoms with Gasteiger partial charge in [0, 0.05) is 23.9 Å². The number of anilines is 1. The first kappa shape index (κ1) is 19.9. The van der Waals surface area contributed by atoms with E-state index in [4.69, 9.17) is 13.9 Å². The van der Waals surface area contributed by atoms with Crippen molar-refractivity contribution in [1.29, 1.82) is 0 Å². The molecule has 0 atom stereocenters. The van der Waals surface area contributed by atoms with E-state index in [9.17, 15) is 9.59 Å². The van der Waals surface area contributed by atoms with Crippen molar-refractivity contribution in [2.24, 2.45) is 0 Å². The molecule has 30 heavy (non-hydrogen) atoms. The molecule has 7 nitrogen and oxygen atoms in total. The Morgan fingerprint density at radius 2 is 2.00 bits per heavy atom. The minimum absolute atomic E-state index is 0.139. The number of fused-ring (bicyclic) bond motifs is 2. The molecule has 0 saturated heterocycles. The smallest absolute Gasteiger partial charge is 0.336 e. The molecular weight excluding hydrogens is 404 g/mol. The number of nitrogens with one attached hydrogen (secondary N) is 1. The van der Waals surface area contributed by atoms with Crippen LogP contribution in [0.2, 0.25) is 0 Å². The number of benzene rings is 2. The van der Waals surface area contributed by atoms with Gasteiger partial charge in [0.05, 0.1) is 24.4 Å². The van der Waals surface area contributed by atoms with Gasteiger partial charge in [-0.15, -0.1) is 0 Å². The average Bonchev–Trinajstić information content (AvgIpc) is 3.12. The van der Waals surface area contributed by atoms with Gasteiger partial charge < -0.3 is 19.2 Å². The number of rotatable bonds is 6. The molecule has 2 aromatic heterocycles. The van der Waals surface area contributed by atoms with Crippen molar-refractivity contribution in [3.05, 3.63) is 57.9 Å². The number of nitrogens with zero attached hydrogens (tertiary/aromatic N) is 1. The predicted octanol–water partition coefficient (Wildman–Crippen LogP) is 4.30. The summed E-state index contributed by atoms with van der Waals surface area (Å²) in [6, 6.07) is 10.6. The number of aromatic nitrogens is 1. The largest absolute Gasteiger partial charge is 0.497 e. The SMILES string of the molecule is COc1ccc2nc(NC(=O)CCc3cc4c(C)cc(=O)oc4cc3OC)sc2c1. The highest BCUT2D eigenvalue weighted by Gasteiger charge is 2.13. The fourth-order valence-corrected chi connectivity index (χ4v) is 4.20. The Kier molecular flexibility index (Phi) is 5.41. The third-order valence-electron chi connectivity index (χ3n) is 4.82. The quantitative estimate of drug-likeness (QED) is 0.464. The Labute approximate surface area is 176 Å². The molecule has 0 aliphatic heterocycles. The molecule has 0 spiro atoms.